The Morgan fingerprint density at radius 2 is 2.00 bits per heavy atom. The second kappa shape index (κ2) is 7.79. The lowest BCUT2D eigenvalue weighted by molar-refractivity contribution is 0.0499. The van der Waals surface area contributed by atoms with Crippen LogP contribution in [0.2, 0.25) is 0 Å². The Balaban J connectivity index is 1.96. The highest BCUT2D eigenvalue weighted by atomic mass is 16.5. The van der Waals surface area contributed by atoms with Crippen LogP contribution in [-0.2, 0) is 4.74 Å². The van der Waals surface area contributed by atoms with Gasteiger partial charge < -0.3 is 9.47 Å². The van der Waals surface area contributed by atoms with Crippen molar-refractivity contribution in [3.8, 4) is 17.7 Å². The lowest BCUT2D eigenvalue weighted by atomic mass is 10.2. The third-order valence-corrected chi connectivity index (χ3v) is 2.91. The number of pyridine rings is 1. The van der Waals surface area contributed by atoms with E-state index in [4.69, 9.17) is 14.7 Å². The second-order valence-electron chi connectivity index (χ2n) is 4.61. The molecule has 0 aliphatic carbocycles. The Morgan fingerprint density at radius 1 is 1.23 bits per heavy atom. The highest BCUT2D eigenvalue weighted by Gasteiger charge is 2.07. The number of ether oxygens (including phenoxy) is 2. The standard InChI is InChI=1S/C17H16N2O3/c1-2-3-10-21-17(20)14-5-7-15(8-6-14)22-16-9-4-13(11-18)12-19-16/h4-9,12H,2-3,10H2,1H3. The highest BCUT2D eigenvalue weighted by molar-refractivity contribution is 5.89. The van der Waals surface area contributed by atoms with Gasteiger partial charge >= 0.3 is 5.97 Å². The molecule has 1 aromatic carbocycles. The Morgan fingerprint density at radius 3 is 2.59 bits per heavy atom. The summed E-state index contributed by atoms with van der Waals surface area (Å²) in [6.45, 7) is 2.47. The second-order valence-corrected chi connectivity index (χ2v) is 4.61. The van der Waals surface area contributed by atoms with Crippen LogP contribution in [0.25, 0.3) is 0 Å². The molecule has 5 heteroatoms. The van der Waals surface area contributed by atoms with Crippen LogP contribution in [0.1, 0.15) is 35.7 Å². The third kappa shape index (κ3) is 4.32. The molecule has 0 aliphatic heterocycles. The average molecular weight is 296 g/mol. The molecule has 1 aromatic heterocycles. The topological polar surface area (TPSA) is 72.2 Å². The molecule has 22 heavy (non-hydrogen) atoms. The Labute approximate surface area is 129 Å². The number of esters is 1. The lowest BCUT2D eigenvalue weighted by Crippen LogP contribution is -2.06. The summed E-state index contributed by atoms with van der Waals surface area (Å²) >= 11 is 0. The largest absolute Gasteiger partial charge is 0.462 e. The summed E-state index contributed by atoms with van der Waals surface area (Å²) in [6.07, 6.45) is 3.28. The maximum atomic E-state index is 11.8. The summed E-state index contributed by atoms with van der Waals surface area (Å²) in [5, 5.41) is 8.70. The van der Waals surface area contributed by atoms with Crippen molar-refractivity contribution in [2.75, 3.05) is 6.61 Å². The number of carbonyl (C=O) groups excluding carboxylic acids is 1. The predicted molar refractivity (Wildman–Crippen MR) is 80.7 cm³/mol. The predicted octanol–water partition coefficient (Wildman–Crippen LogP) is 3.70. The third-order valence-electron chi connectivity index (χ3n) is 2.91. The molecule has 0 amide bonds. The number of hydrogen-bond donors (Lipinski definition) is 0. The number of rotatable bonds is 6. The molecular formula is C17H16N2O3. The number of unbranched alkanes of at least 4 members (excludes halogenated alkanes) is 1. The van der Waals surface area contributed by atoms with E-state index < -0.39 is 0 Å². The first kappa shape index (κ1) is 15.5. The van der Waals surface area contributed by atoms with E-state index in [9.17, 15) is 4.79 Å². The van der Waals surface area contributed by atoms with Crippen LogP contribution in [0.15, 0.2) is 42.6 Å². The quantitative estimate of drug-likeness (QED) is 0.600. The van der Waals surface area contributed by atoms with Crippen molar-refractivity contribution in [3.63, 3.8) is 0 Å². The van der Waals surface area contributed by atoms with Crippen LogP contribution in [-0.4, -0.2) is 17.6 Å². The van der Waals surface area contributed by atoms with Gasteiger partial charge in [0.05, 0.1) is 17.7 Å². The van der Waals surface area contributed by atoms with Gasteiger partial charge in [0.25, 0.3) is 0 Å². The van der Waals surface area contributed by atoms with Crippen molar-refractivity contribution in [2.45, 2.75) is 19.8 Å². The first-order valence-electron chi connectivity index (χ1n) is 7.04. The molecule has 2 rings (SSSR count). The van der Waals surface area contributed by atoms with Gasteiger partial charge in [-0.3, -0.25) is 0 Å². The van der Waals surface area contributed by atoms with Crippen molar-refractivity contribution in [1.82, 2.24) is 4.98 Å². The van der Waals surface area contributed by atoms with Gasteiger partial charge in [0, 0.05) is 12.3 Å². The monoisotopic (exact) mass is 296 g/mol. The van der Waals surface area contributed by atoms with Gasteiger partial charge in [-0.15, -0.1) is 0 Å². The minimum atomic E-state index is -0.337. The summed E-state index contributed by atoms with van der Waals surface area (Å²) in [5.41, 5.74) is 0.953. The molecule has 0 saturated heterocycles. The fourth-order valence-corrected chi connectivity index (χ4v) is 1.68. The molecule has 1 heterocycles. The molecule has 0 saturated carbocycles. The van der Waals surface area contributed by atoms with Gasteiger partial charge in [-0.2, -0.15) is 5.26 Å². The van der Waals surface area contributed by atoms with Crippen molar-refractivity contribution >= 4 is 5.97 Å². The van der Waals surface area contributed by atoms with Crippen molar-refractivity contribution < 1.29 is 14.3 Å². The van der Waals surface area contributed by atoms with Crippen molar-refractivity contribution in [1.29, 1.82) is 5.26 Å². The molecule has 0 N–H and O–H groups in total. The van der Waals surface area contributed by atoms with Crippen LogP contribution in [0.4, 0.5) is 0 Å². The summed E-state index contributed by atoms with van der Waals surface area (Å²) < 4.78 is 10.7. The Bertz CT molecular complexity index is 658. The highest BCUT2D eigenvalue weighted by Crippen LogP contribution is 2.20. The molecule has 5 nitrogen and oxygen atoms in total. The van der Waals surface area contributed by atoms with Gasteiger partial charge in [0.2, 0.25) is 5.88 Å². The lowest BCUT2D eigenvalue weighted by Gasteiger charge is -2.06. The van der Waals surface area contributed by atoms with Gasteiger partial charge in [-0.1, -0.05) is 13.3 Å². The summed E-state index contributed by atoms with van der Waals surface area (Å²) in [5.74, 6) is 0.607. The van der Waals surface area contributed by atoms with Crippen LogP contribution >= 0.6 is 0 Å². The van der Waals surface area contributed by atoms with Gasteiger partial charge in [0.15, 0.2) is 0 Å². The number of hydrogen-bond acceptors (Lipinski definition) is 5. The molecule has 0 atom stereocenters. The van der Waals surface area contributed by atoms with Gasteiger partial charge in [-0.05, 0) is 36.8 Å². The SMILES string of the molecule is CCCCOC(=O)c1ccc(Oc2ccc(C#N)cn2)cc1. The number of carbonyl (C=O) groups is 1. The first-order valence-corrected chi connectivity index (χ1v) is 7.04. The van der Waals surface area contributed by atoms with Crippen LogP contribution in [0.5, 0.6) is 11.6 Å². The van der Waals surface area contributed by atoms with Gasteiger partial charge in [0.1, 0.15) is 11.8 Å². The number of aromatic nitrogens is 1. The van der Waals surface area contributed by atoms with Crippen LogP contribution in [0, 0.1) is 11.3 Å². The Kier molecular flexibility index (Phi) is 5.50. The molecular weight excluding hydrogens is 280 g/mol. The van der Waals surface area contributed by atoms with E-state index in [1.54, 1.807) is 36.4 Å². The zero-order chi connectivity index (χ0) is 15.8. The van der Waals surface area contributed by atoms with Crippen LogP contribution in [0.3, 0.4) is 0 Å². The summed E-state index contributed by atoms with van der Waals surface area (Å²) in [7, 11) is 0. The molecule has 0 bridgehead atoms. The van der Waals surface area contributed by atoms with Gasteiger partial charge in [-0.25, -0.2) is 9.78 Å². The zero-order valence-corrected chi connectivity index (χ0v) is 12.3. The number of nitriles is 1. The van der Waals surface area contributed by atoms with E-state index in [0.717, 1.165) is 12.8 Å². The van der Waals surface area contributed by atoms with Crippen molar-refractivity contribution in [2.24, 2.45) is 0 Å². The molecule has 112 valence electrons. The molecule has 0 spiro atoms. The molecule has 0 radical (unpaired) electrons. The minimum Gasteiger partial charge on any atom is -0.462 e. The molecule has 0 fully saturated rings. The average Bonchev–Trinajstić information content (AvgIpc) is 2.56. The maximum absolute atomic E-state index is 11.8. The van der Waals surface area contributed by atoms with E-state index in [1.165, 1.54) is 6.20 Å². The van der Waals surface area contributed by atoms with E-state index in [-0.39, 0.29) is 5.97 Å². The Hall–Kier alpha value is -2.87. The minimum absolute atomic E-state index is 0.337. The molecule has 0 unspecified atom stereocenters. The van der Waals surface area contributed by atoms with Crippen LogP contribution < -0.4 is 4.74 Å². The van der Waals surface area contributed by atoms with E-state index in [0.29, 0.717) is 29.4 Å². The summed E-state index contributed by atoms with van der Waals surface area (Å²) in [6, 6.07) is 11.9. The molecule has 0 aliphatic rings. The fourth-order valence-electron chi connectivity index (χ4n) is 1.68. The van der Waals surface area contributed by atoms with E-state index >= 15 is 0 Å². The van der Waals surface area contributed by atoms with E-state index in [1.807, 2.05) is 13.0 Å². The smallest absolute Gasteiger partial charge is 0.338 e. The maximum Gasteiger partial charge on any atom is 0.338 e. The number of benzene rings is 1. The first-order chi connectivity index (χ1) is 10.7. The summed E-state index contributed by atoms with van der Waals surface area (Å²) in [4.78, 5) is 15.8. The fraction of sp³-hybridized carbons (Fsp3) is 0.235. The normalized spacial score (nSPS) is 9.82. The van der Waals surface area contributed by atoms with Crippen molar-refractivity contribution in [3.05, 3.63) is 53.7 Å². The molecule has 2 aromatic rings. The zero-order valence-electron chi connectivity index (χ0n) is 12.3. The van der Waals surface area contributed by atoms with E-state index in [2.05, 4.69) is 4.98 Å². The number of nitrogens with zero attached hydrogens (tertiary/aromatic N) is 2.